The molecule has 0 unspecified atom stereocenters. The van der Waals surface area contributed by atoms with Gasteiger partial charge in [0.05, 0.1) is 22.0 Å². The van der Waals surface area contributed by atoms with Gasteiger partial charge in [0, 0.05) is 6.07 Å². The van der Waals surface area contributed by atoms with Crippen LogP contribution in [0.25, 0.3) is 0 Å². The molecule has 1 aliphatic heterocycles. The molecule has 0 fully saturated rings. The van der Waals surface area contributed by atoms with E-state index in [1.54, 1.807) is 0 Å². The zero-order chi connectivity index (χ0) is 19.1. The van der Waals surface area contributed by atoms with E-state index < -0.39 is 45.1 Å². The molecule has 1 aliphatic rings. The second-order valence-corrected chi connectivity index (χ2v) is 7.32. The van der Waals surface area contributed by atoms with Crippen molar-refractivity contribution in [3.63, 3.8) is 0 Å². The largest absolute Gasteiger partial charge is 0.324 e. The summed E-state index contributed by atoms with van der Waals surface area (Å²) in [5, 5.41) is 4.95. The lowest BCUT2D eigenvalue weighted by molar-refractivity contribution is -0.128. The molecule has 2 aromatic rings. The maximum absolute atomic E-state index is 13.7. The molecular formula is C16H13F2N3O4S. The van der Waals surface area contributed by atoms with Crippen LogP contribution in [0.4, 0.5) is 25.8 Å². The number of carbonyl (C=O) groups is 2. The molecular weight excluding hydrogens is 368 g/mol. The van der Waals surface area contributed by atoms with E-state index in [4.69, 9.17) is 0 Å². The molecule has 0 saturated carbocycles. The quantitative estimate of drug-likeness (QED) is 0.710. The second-order valence-electron chi connectivity index (χ2n) is 5.64. The van der Waals surface area contributed by atoms with Crippen LogP contribution in [0.15, 0.2) is 41.3 Å². The molecule has 0 bridgehead atoms. The van der Waals surface area contributed by atoms with Crippen LogP contribution in [0.2, 0.25) is 0 Å². The van der Waals surface area contributed by atoms with Crippen molar-refractivity contribution in [3.05, 3.63) is 48.0 Å². The zero-order valence-corrected chi connectivity index (χ0v) is 14.2. The van der Waals surface area contributed by atoms with Crippen LogP contribution < -0.4 is 15.4 Å². The molecule has 26 heavy (non-hydrogen) atoms. The van der Waals surface area contributed by atoms with Crippen LogP contribution in [0.5, 0.6) is 0 Å². The van der Waals surface area contributed by atoms with E-state index in [1.165, 1.54) is 19.1 Å². The Kier molecular flexibility index (Phi) is 4.36. The van der Waals surface area contributed by atoms with E-state index in [-0.39, 0.29) is 16.3 Å². The number of carbonyl (C=O) groups excluding carboxylic acids is 2. The minimum Gasteiger partial charge on any atom is -0.324 e. The van der Waals surface area contributed by atoms with Gasteiger partial charge in [0.2, 0.25) is 11.8 Å². The van der Waals surface area contributed by atoms with Crippen LogP contribution in [0.3, 0.4) is 0 Å². The Morgan fingerprint density at radius 1 is 0.962 bits per heavy atom. The van der Waals surface area contributed by atoms with Crippen molar-refractivity contribution in [1.82, 2.24) is 0 Å². The Labute approximate surface area is 147 Å². The Hall–Kier alpha value is -3.01. The van der Waals surface area contributed by atoms with Gasteiger partial charge in [0.1, 0.15) is 17.6 Å². The topological polar surface area (TPSA) is 104 Å². The molecule has 136 valence electrons. The summed E-state index contributed by atoms with van der Waals surface area (Å²) in [4.78, 5) is 23.4. The third-order valence-electron chi connectivity index (χ3n) is 3.78. The van der Waals surface area contributed by atoms with Crippen LogP contribution in [-0.2, 0) is 19.6 Å². The molecule has 2 aromatic carbocycles. The Morgan fingerprint density at radius 3 is 2.31 bits per heavy atom. The van der Waals surface area contributed by atoms with Gasteiger partial charge in [-0.2, -0.15) is 0 Å². The van der Waals surface area contributed by atoms with Crippen molar-refractivity contribution in [2.75, 3.05) is 15.4 Å². The van der Waals surface area contributed by atoms with Crippen molar-refractivity contribution in [3.8, 4) is 0 Å². The first-order valence-corrected chi connectivity index (χ1v) is 8.89. The number of rotatable bonds is 3. The van der Waals surface area contributed by atoms with Crippen molar-refractivity contribution < 1.29 is 26.8 Å². The average Bonchev–Trinajstić information content (AvgIpc) is 2.68. The third-order valence-corrected chi connectivity index (χ3v) is 5.14. The first-order valence-electron chi connectivity index (χ1n) is 7.41. The van der Waals surface area contributed by atoms with Gasteiger partial charge in [-0.1, -0.05) is 0 Å². The molecule has 7 nitrogen and oxygen atoms in total. The van der Waals surface area contributed by atoms with E-state index in [1.807, 2.05) is 4.72 Å². The summed E-state index contributed by atoms with van der Waals surface area (Å²) >= 11 is 0. The van der Waals surface area contributed by atoms with Gasteiger partial charge in [-0.05, 0) is 37.3 Å². The van der Waals surface area contributed by atoms with Gasteiger partial charge in [0.25, 0.3) is 10.0 Å². The van der Waals surface area contributed by atoms with Crippen LogP contribution in [-0.4, -0.2) is 20.2 Å². The van der Waals surface area contributed by atoms with Crippen LogP contribution >= 0.6 is 0 Å². The summed E-state index contributed by atoms with van der Waals surface area (Å²) < 4.78 is 53.7. The van der Waals surface area contributed by atoms with E-state index in [0.29, 0.717) is 6.07 Å². The minimum absolute atomic E-state index is 0.0790. The third kappa shape index (κ3) is 3.36. The number of benzene rings is 2. The molecule has 0 aromatic heterocycles. The lowest BCUT2D eigenvalue weighted by Crippen LogP contribution is -2.28. The molecule has 3 N–H and O–H groups in total. The van der Waals surface area contributed by atoms with Crippen molar-refractivity contribution in [2.24, 2.45) is 5.92 Å². The summed E-state index contributed by atoms with van der Waals surface area (Å²) in [5.41, 5.74) is -0.246. The number of anilines is 3. The van der Waals surface area contributed by atoms with E-state index in [2.05, 4.69) is 10.6 Å². The van der Waals surface area contributed by atoms with Gasteiger partial charge in [0.15, 0.2) is 0 Å². The van der Waals surface area contributed by atoms with Gasteiger partial charge >= 0.3 is 0 Å². The first-order chi connectivity index (χ1) is 12.2. The molecule has 0 aliphatic carbocycles. The summed E-state index contributed by atoms with van der Waals surface area (Å²) in [7, 11) is -4.26. The lowest BCUT2D eigenvalue weighted by atomic mass is 10.1. The summed E-state index contributed by atoms with van der Waals surface area (Å²) in [6, 6.07) is 5.93. The smallest absolute Gasteiger partial charge is 0.262 e. The number of hydrogen-bond donors (Lipinski definition) is 3. The maximum atomic E-state index is 13.7. The second kappa shape index (κ2) is 6.37. The molecule has 10 heteroatoms. The lowest BCUT2D eigenvalue weighted by Gasteiger charge is -2.12. The summed E-state index contributed by atoms with van der Waals surface area (Å²) in [5.74, 6) is -3.84. The Morgan fingerprint density at radius 2 is 1.62 bits per heavy atom. The number of amides is 2. The fourth-order valence-corrected chi connectivity index (χ4v) is 3.37. The van der Waals surface area contributed by atoms with Gasteiger partial charge in [-0.3, -0.25) is 14.3 Å². The number of fused-ring (bicyclic) bond motifs is 1. The van der Waals surface area contributed by atoms with Crippen molar-refractivity contribution in [2.45, 2.75) is 11.8 Å². The van der Waals surface area contributed by atoms with E-state index in [9.17, 15) is 26.8 Å². The Bertz CT molecular complexity index is 1020. The average molecular weight is 381 g/mol. The van der Waals surface area contributed by atoms with Crippen LogP contribution in [0.1, 0.15) is 6.92 Å². The molecule has 1 atom stereocenters. The first kappa shape index (κ1) is 17.8. The molecule has 0 radical (unpaired) electrons. The van der Waals surface area contributed by atoms with E-state index in [0.717, 1.165) is 18.2 Å². The van der Waals surface area contributed by atoms with Gasteiger partial charge in [-0.25, -0.2) is 17.2 Å². The predicted octanol–water partition coefficient (Wildman–Crippen LogP) is 2.29. The highest BCUT2D eigenvalue weighted by Gasteiger charge is 2.28. The number of hydrogen-bond acceptors (Lipinski definition) is 4. The molecule has 0 spiro atoms. The molecule has 3 rings (SSSR count). The van der Waals surface area contributed by atoms with E-state index >= 15 is 0 Å². The highest BCUT2D eigenvalue weighted by molar-refractivity contribution is 7.92. The fourth-order valence-electron chi connectivity index (χ4n) is 2.28. The SMILES string of the molecule is C[C@H]1C(=O)Nc2ccc(S(=O)(=O)Nc3cc(F)ccc3F)cc2NC1=O. The van der Waals surface area contributed by atoms with Gasteiger partial charge in [-0.15, -0.1) is 0 Å². The standard InChI is InChI=1S/C16H13F2N3O4S/c1-8-15(22)19-12-5-3-10(7-14(12)20-16(8)23)26(24,25)21-13-6-9(17)2-4-11(13)18/h2-8,21H,1H3,(H,19,22)(H,20,23)/t8-/m0/s1. The number of halogens is 2. The highest BCUT2D eigenvalue weighted by atomic mass is 32.2. The highest BCUT2D eigenvalue weighted by Crippen LogP contribution is 2.30. The maximum Gasteiger partial charge on any atom is 0.262 e. The normalized spacial score (nSPS) is 17.0. The van der Waals surface area contributed by atoms with Crippen LogP contribution in [0, 0.1) is 17.6 Å². The summed E-state index contributed by atoms with van der Waals surface area (Å²) in [6.07, 6.45) is 0. The van der Waals surface area contributed by atoms with Gasteiger partial charge < -0.3 is 10.6 Å². The monoisotopic (exact) mass is 381 g/mol. The molecule has 2 amide bonds. The summed E-state index contributed by atoms with van der Waals surface area (Å²) in [6.45, 7) is 1.41. The Balaban J connectivity index is 1.97. The predicted molar refractivity (Wildman–Crippen MR) is 90.0 cm³/mol. The number of sulfonamides is 1. The fraction of sp³-hybridized carbons (Fsp3) is 0.125. The number of nitrogens with one attached hydrogen (secondary N) is 3. The molecule has 1 heterocycles. The minimum atomic E-state index is -4.26. The molecule has 0 saturated heterocycles. The zero-order valence-electron chi connectivity index (χ0n) is 13.3. The van der Waals surface area contributed by atoms with Crippen molar-refractivity contribution in [1.29, 1.82) is 0 Å². The van der Waals surface area contributed by atoms with Crippen molar-refractivity contribution >= 4 is 38.9 Å².